The normalized spacial score (nSPS) is 36.9. The van der Waals surface area contributed by atoms with Crippen LogP contribution < -0.4 is 0 Å². The number of carboxylic acid groups (broad SMARTS) is 1. The molecule has 112 valence electrons. The second-order valence-electron chi connectivity index (χ2n) is 6.34. The zero-order valence-electron chi connectivity index (χ0n) is 11.8. The van der Waals surface area contributed by atoms with E-state index in [-0.39, 0.29) is 18.1 Å². The fourth-order valence-electron chi connectivity index (χ4n) is 4.14. The number of carbonyl (C=O) groups is 2. The van der Waals surface area contributed by atoms with E-state index in [0.717, 1.165) is 38.7 Å². The van der Waals surface area contributed by atoms with Crippen molar-refractivity contribution in [2.24, 2.45) is 5.92 Å². The first-order valence-corrected chi connectivity index (χ1v) is 7.82. The number of amides is 1. The quantitative estimate of drug-likeness (QED) is 0.856. The molecule has 2 saturated heterocycles. The van der Waals surface area contributed by atoms with E-state index in [0.29, 0.717) is 18.8 Å². The van der Waals surface area contributed by atoms with Crippen LogP contribution in [0.2, 0.25) is 0 Å². The van der Waals surface area contributed by atoms with Gasteiger partial charge in [-0.2, -0.15) is 0 Å². The van der Waals surface area contributed by atoms with Crippen molar-refractivity contribution in [2.45, 2.75) is 69.6 Å². The number of hydrogen-bond donors (Lipinski definition) is 1. The summed E-state index contributed by atoms with van der Waals surface area (Å²) >= 11 is 0. The molecule has 3 aliphatic rings. The zero-order valence-corrected chi connectivity index (χ0v) is 11.8. The molecule has 0 radical (unpaired) electrons. The topological polar surface area (TPSA) is 66.8 Å². The molecule has 3 rings (SSSR count). The SMILES string of the molecule is O=C(O)[C@@H]1C[C@@H]2CCCC[C@H]2N1C(=O)C[C@@H]1CCCO1. The van der Waals surface area contributed by atoms with Gasteiger partial charge in [0.25, 0.3) is 0 Å². The number of carbonyl (C=O) groups excluding carboxylic acids is 1. The lowest BCUT2D eigenvalue weighted by Gasteiger charge is -2.33. The molecule has 3 fully saturated rings. The summed E-state index contributed by atoms with van der Waals surface area (Å²) in [4.78, 5) is 25.7. The Kier molecular flexibility index (Phi) is 3.96. The molecule has 0 spiro atoms. The molecule has 1 N–H and O–H groups in total. The Hall–Kier alpha value is -1.10. The van der Waals surface area contributed by atoms with Gasteiger partial charge in [-0.15, -0.1) is 0 Å². The number of likely N-dealkylation sites (tertiary alicyclic amines) is 1. The first-order valence-electron chi connectivity index (χ1n) is 7.82. The summed E-state index contributed by atoms with van der Waals surface area (Å²) in [6, 6.07) is -0.462. The first kappa shape index (κ1) is 13.9. The van der Waals surface area contributed by atoms with E-state index in [4.69, 9.17) is 4.74 Å². The molecule has 1 aliphatic carbocycles. The highest BCUT2D eigenvalue weighted by Crippen LogP contribution is 2.40. The summed E-state index contributed by atoms with van der Waals surface area (Å²) in [5.41, 5.74) is 0. The molecule has 1 amide bonds. The predicted molar refractivity (Wildman–Crippen MR) is 72.2 cm³/mol. The molecule has 0 aromatic carbocycles. The monoisotopic (exact) mass is 281 g/mol. The van der Waals surface area contributed by atoms with Crippen LogP contribution >= 0.6 is 0 Å². The molecule has 1 saturated carbocycles. The van der Waals surface area contributed by atoms with Crippen molar-refractivity contribution >= 4 is 11.9 Å². The molecule has 0 aromatic rings. The van der Waals surface area contributed by atoms with Gasteiger partial charge in [-0.3, -0.25) is 4.79 Å². The molecular weight excluding hydrogens is 258 g/mol. The number of ether oxygens (including phenoxy) is 1. The first-order chi connectivity index (χ1) is 9.66. The molecule has 5 nitrogen and oxygen atoms in total. The van der Waals surface area contributed by atoms with Gasteiger partial charge < -0.3 is 14.7 Å². The van der Waals surface area contributed by atoms with E-state index in [2.05, 4.69) is 0 Å². The van der Waals surface area contributed by atoms with E-state index in [1.165, 1.54) is 6.42 Å². The van der Waals surface area contributed by atoms with Crippen molar-refractivity contribution < 1.29 is 19.4 Å². The van der Waals surface area contributed by atoms with Gasteiger partial charge in [0.05, 0.1) is 12.5 Å². The highest BCUT2D eigenvalue weighted by molar-refractivity contribution is 5.85. The maximum atomic E-state index is 12.6. The highest BCUT2D eigenvalue weighted by atomic mass is 16.5. The van der Waals surface area contributed by atoms with Crippen LogP contribution in [-0.2, 0) is 14.3 Å². The van der Waals surface area contributed by atoms with Crippen LogP contribution in [-0.4, -0.2) is 46.7 Å². The summed E-state index contributed by atoms with van der Waals surface area (Å²) < 4.78 is 5.52. The second kappa shape index (κ2) is 5.72. The Morgan fingerprint density at radius 2 is 1.95 bits per heavy atom. The van der Waals surface area contributed by atoms with Gasteiger partial charge >= 0.3 is 5.97 Å². The van der Waals surface area contributed by atoms with Crippen molar-refractivity contribution in [1.29, 1.82) is 0 Å². The summed E-state index contributed by atoms with van der Waals surface area (Å²) in [6.45, 7) is 0.729. The minimum atomic E-state index is -0.847. The summed E-state index contributed by atoms with van der Waals surface area (Å²) in [5, 5.41) is 9.42. The second-order valence-corrected chi connectivity index (χ2v) is 6.34. The van der Waals surface area contributed by atoms with Crippen LogP contribution in [0, 0.1) is 5.92 Å². The maximum Gasteiger partial charge on any atom is 0.326 e. The predicted octanol–water partition coefficient (Wildman–Crippen LogP) is 1.80. The Labute approximate surface area is 119 Å². The van der Waals surface area contributed by atoms with Gasteiger partial charge in [0.1, 0.15) is 6.04 Å². The average molecular weight is 281 g/mol. The third-order valence-electron chi connectivity index (χ3n) is 5.09. The van der Waals surface area contributed by atoms with Crippen molar-refractivity contribution in [3.63, 3.8) is 0 Å². The Morgan fingerprint density at radius 3 is 2.65 bits per heavy atom. The summed E-state index contributed by atoms with van der Waals surface area (Å²) in [7, 11) is 0. The fourth-order valence-corrected chi connectivity index (χ4v) is 4.14. The average Bonchev–Trinajstić information content (AvgIpc) is 3.04. The van der Waals surface area contributed by atoms with Crippen LogP contribution in [0.1, 0.15) is 51.4 Å². The standard InChI is InChI=1S/C15H23NO4/c17-14(9-11-5-3-7-20-11)16-12-6-2-1-4-10(12)8-13(16)15(18)19/h10-13H,1-9H2,(H,18,19)/t10-,11-,12+,13-/m0/s1. The molecule has 2 heterocycles. The molecular formula is C15H23NO4. The molecule has 0 aromatic heterocycles. The van der Waals surface area contributed by atoms with Crippen molar-refractivity contribution in [3.05, 3.63) is 0 Å². The van der Waals surface area contributed by atoms with Gasteiger partial charge in [0.15, 0.2) is 0 Å². The minimum Gasteiger partial charge on any atom is -0.480 e. The van der Waals surface area contributed by atoms with Crippen LogP contribution in [0.15, 0.2) is 0 Å². The van der Waals surface area contributed by atoms with Gasteiger partial charge in [0.2, 0.25) is 5.91 Å². The van der Waals surface area contributed by atoms with Crippen molar-refractivity contribution in [3.8, 4) is 0 Å². The molecule has 0 bridgehead atoms. The van der Waals surface area contributed by atoms with E-state index >= 15 is 0 Å². The maximum absolute atomic E-state index is 12.6. The fraction of sp³-hybridized carbons (Fsp3) is 0.867. The van der Waals surface area contributed by atoms with Gasteiger partial charge in [-0.25, -0.2) is 4.79 Å². The highest BCUT2D eigenvalue weighted by Gasteiger charge is 2.47. The number of nitrogens with zero attached hydrogens (tertiary/aromatic N) is 1. The smallest absolute Gasteiger partial charge is 0.326 e. The van der Waals surface area contributed by atoms with Crippen LogP contribution in [0.3, 0.4) is 0 Å². The minimum absolute atomic E-state index is 0.000384. The molecule has 2 aliphatic heterocycles. The van der Waals surface area contributed by atoms with Crippen LogP contribution in [0.4, 0.5) is 0 Å². The lowest BCUT2D eigenvalue weighted by molar-refractivity contribution is -0.150. The van der Waals surface area contributed by atoms with E-state index in [1.54, 1.807) is 4.90 Å². The zero-order chi connectivity index (χ0) is 14.1. The lowest BCUT2D eigenvalue weighted by Crippen LogP contribution is -2.47. The Balaban J connectivity index is 1.72. The van der Waals surface area contributed by atoms with Gasteiger partial charge in [-0.05, 0) is 38.0 Å². The Bertz CT molecular complexity index is 391. The number of carboxylic acids is 1. The van der Waals surface area contributed by atoms with Crippen LogP contribution in [0.5, 0.6) is 0 Å². The number of aliphatic carboxylic acids is 1. The molecule has 20 heavy (non-hydrogen) atoms. The number of rotatable bonds is 3. The molecule has 5 heteroatoms. The third kappa shape index (κ3) is 2.55. The van der Waals surface area contributed by atoms with E-state index < -0.39 is 12.0 Å². The largest absolute Gasteiger partial charge is 0.480 e. The van der Waals surface area contributed by atoms with Crippen molar-refractivity contribution in [2.75, 3.05) is 6.61 Å². The molecule has 4 atom stereocenters. The van der Waals surface area contributed by atoms with Crippen LogP contribution in [0.25, 0.3) is 0 Å². The van der Waals surface area contributed by atoms with Crippen molar-refractivity contribution in [1.82, 2.24) is 4.90 Å². The summed E-state index contributed by atoms with van der Waals surface area (Å²) in [6.07, 6.45) is 7.23. The number of fused-ring (bicyclic) bond motifs is 1. The summed E-state index contributed by atoms with van der Waals surface area (Å²) in [5.74, 6) is -0.475. The van der Waals surface area contributed by atoms with Gasteiger partial charge in [0, 0.05) is 12.6 Å². The Morgan fingerprint density at radius 1 is 1.15 bits per heavy atom. The number of hydrogen-bond acceptors (Lipinski definition) is 3. The van der Waals surface area contributed by atoms with Gasteiger partial charge in [-0.1, -0.05) is 12.8 Å². The van der Waals surface area contributed by atoms with E-state index in [1.807, 2.05) is 0 Å². The third-order valence-corrected chi connectivity index (χ3v) is 5.09. The molecule has 0 unspecified atom stereocenters. The lowest BCUT2D eigenvalue weighted by atomic mass is 9.84. The van der Waals surface area contributed by atoms with E-state index in [9.17, 15) is 14.7 Å².